The minimum atomic E-state index is -0.349. The van der Waals surface area contributed by atoms with Crippen molar-refractivity contribution in [3.05, 3.63) is 101 Å². The maximum atomic E-state index is 13.2. The molecule has 33 heavy (non-hydrogen) atoms. The van der Waals surface area contributed by atoms with Crippen LogP contribution in [-0.2, 0) is 6.54 Å². The number of carbonyl (C=O) groups is 3. The zero-order valence-corrected chi connectivity index (χ0v) is 18.5. The molecule has 6 heteroatoms. The molecule has 6 nitrogen and oxygen atoms in total. The predicted octanol–water partition coefficient (Wildman–Crippen LogP) is 3.75. The van der Waals surface area contributed by atoms with Gasteiger partial charge in [-0.25, -0.2) is 0 Å². The largest absolute Gasteiger partial charge is 0.368 e. The summed E-state index contributed by atoms with van der Waals surface area (Å²) in [4.78, 5) is 44.3. The van der Waals surface area contributed by atoms with Crippen LogP contribution in [0.2, 0.25) is 0 Å². The van der Waals surface area contributed by atoms with Crippen molar-refractivity contribution in [1.29, 1.82) is 0 Å². The van der Waals surface area contributed by atoms with Gasteiger partial charge in [-0.15, -0.1) is 0 Å². The summed E-state index contributed by atoms with van der Waals surface area (Å²) in [5, 5.41) is 0. The Hall–Kier alpha value is -3.93. The average Bonchev–Trinajstić information content (AvgIpc) is 3.09. The number of aryl methyl sites for hydroxylation is 1. The summed E-state index contributed by atoms with van der Waals surface area (Å²) in [6.45, 7) is 5.04. The Balaban J connectivity index is 1.29. The molecule has 2 aliphatic heterocycles. The molecule has 3 aromatic carbocycles. The lowest BCUT2D eigenvalue weighted by atomic mass is 10.0. The monoisotopic (exact) mass is 439 g/mol. The summed E-state index contributed by atoms with van der Waals surface area (Å²) in [6.07, 6.45) is 0. The maximum Gasteiger partial charge on any atom is 0.261 e. The lowest BCUT2D eigenvalue weighted by molar-refractivity contribution is 0.0642. The van der Waals surface area contributed by atoms with E-state index in [-0.39, 0.29) is 24.3 Å². The van der Waals surface area contributed by atoms with Gasteiger partial charge in [0.2, 0.25) is 0 Å². The van der Waals surface area contributed by atoms with Crippen molar-refractivity contribution in [2.75, 3.05) is 31.1 Å². The molecule has 0 radical (unpaired) electrons. The van der Waals surface area contributed by atoms with Gasteiger partial charge in [0.05, 0.1) is 17.7 Å². The predicted molar refractivity (Wildman–Crippen MR) is 126 cm³/mol. The van der Waals surface area contributed by atoms with Gasteiger partial charge in [-0.2, -0.15) is 0 Å². The molecule has 0 spiro atoms. The fraction of sp³-hybridized carbons (Fsp3) is 0.222. The molecule has 0 saturated carbocycles. The average molecular weight is 440 g/mol. The third-order valence-electron chi connectivity index (χ3n) is 6.42. The maximum absolute atomic E-state index is 13.2. The van der Waals surface area contributed by atoms with Crippen LogP contribution in [0.4, 0.5) is 5.69 Å². The summed E-state index contributed by atoms with van der Waals surface area (Å²) >= 11 is 0. The molecule has 0 atom stereocenters. The van der Waals surface area contributed by atoms with Crippen molar-refractivity contribution in [1.82, 2.24) is 9.80 Å². The Labute approximate surface area is 193 Å². The Morgan fingerprint density at radius 2 is 1.45 bits per heavy atom. The van der Waals surface area contributed by atoms with Crippen molar-refractivity contribution in [2.45, 2.75) is 13.5 Å². The third-order valence-corrected chi connectivity index (χ3v) is 6.42. The molecule has 0 unspecified atom stereocenters. The molecular formula is C27H25N3O3. The molecule has 1 fully saturated rings. The summed E-state index contributed by atoms with van der Waals surface area (Å²) in [5.41, 5.74) is 4.41. The first-order valence-electron chi connectivity index (χ1n) is 11.2. The zero-order chi connectivity index (χ0) is 22.9. The van der Waals surface area contributed by atoms with E-state index >= 15 is 0 Å². The first-order chi connectivity index (χ1) is 16.0. The van der Waals surface area contributed by atoms with E-state index in [2.05, 4.69) is 24.0 Å². The number of anilines is 1. The second-order valence-electron chi connectivity index (χ2n) is 8.51. The number of hydrogen-bond acceptors (Lipinski definition) is 4. The molecule has 2 aliphatic rings. The summed E-state index contributed by atoms with van der Waals surface area (Å²) in [5.74, 6) is -0.772. The number of imide groups is 1. The summed E-state index contributed by atoms with van der Waals surface area (Å²) in [6, 6.07) is 22.5. The highest BCUT2D eigenvalue weighted by Gasteiger charge is 2.36. The first-order valence-corrected chi connectivity index (χ1v) is 11.2. The van der Waals surface area contributed by atoms with Crippen LogP contribution in [0.3, 0.4) is 0 Å². The van der Waals surface area contributed by atoms with Crippen LogP contribution in [0.25, 0.3) is 0 Å². The minimum Gasteiger partial charge on any atom is -0.368 e. The van der Waals surface area contributed by atoms with Gasteiger partial charge >= 0.3 is 0 Å². The molecule has 0 bridgehead atoms. The Kier molecular flexibility index (Phi) is 5.42. The fourth-order valence-corrected chi connectivity index (χ4v) is 4.58. The molecule has 166 valence electrons. The smallest absolute Gasteiger partial charge is 0.261 e. The van der Waals surface area contributed by atoms with Crippen LogP contribution in [0.1, 0.15) is 42.2 Å². The number of para-hydroxylation sites is 1. The Morgan fingerprint density at radius 3 is 2.18 bits per heavy atom. The number of hydrogen-bond donors (Lipinski definition) is 0. The topological polar surface area (TPSA) is 60.9 Å². The normalized spacial score (nSPS) is 15.7. The van der Waals surface area contributed by atoms with Crippen LogP contribution >= 0.6 is 0 Å². The second kappa shape index (κ2) is 8.54. The van der Waals surface area contributed by atoms with E-state index in [4.69, 9.17) is 0 Å². The highest BCUT2D eigenvalue weighted by molar-refractivity contribution is 6.22. The lowest BCUT2D eigenvalue weighted by Gasteiger charge is -2.36. The highest BCUT2D eigenvalue weighted by atomic mass is 16.2. The van der Waals surface area contributed by atoms with Crippen molar-refractivity contribution < 1.29 is 14.4 Å². The number of amides is 3. The molecule has 1 saturated heterocycles. The molecule has 3 aromatic rings. The molecule has 3 amide bonds. The number of carbonyl (C=O) groups excluding carboxylic acids is 3. The van der Waals surface area contributed by atoms with Gasteiger partial charge in [0, 0.05) is 37.4 Å². The molecular weight excluding hydrogens is 414 g/mol. The van der Waals surface area contributed by atoms with Crippen LogP contribution in [0.5, 0.6) is 0 Å². The quantitative estimate of drug-likeness (QED) is 0.581. The zero-order valence-electron chi connectivity index (χ0n) is 18.5. The van der Waals surface area contributed by atoms with Crippen LogP contribution < -0.4 is 4.90 Å². The van der Waals surface area contributed by atoms with Gasteiger partial charge in [0.15, 0.2) is 0 Å². The lowest BCUT2D eigenvalue weighted by Crippen LogP contribution is -2.49. The number of rotatable bonds is 4. The van der Waals surface area contributed by atoms with Gasteiger partial charge in [-0.1, -0.05) is 48.5 Å². The van der Waals surface area contributed by atoms with Crippen molar-refractivity contribution in [3.63, 3.8) is 0 Å². The van der Waals surface area contributed by atoms with E-state index < -0.39 is 0 Å². The van der Waals surface area contributed by atoms with Crippen molar-refractivity contribution >= 4 is 23.4 Å². The standard InChI is InChI=1S/C27H25N3O3/c1-19-7-5-6-10-24(19)28-13-15-29(16-14-28)25(31)21-11-12-22-23(17-21)27(33)30(26(22)32)18-20-8-3-2-4-9-20/h2-12,17H,13-16,18H2,1H3. The van der Waals surface area contributed by atoms with Crippen molar-refractivity contribution in [3.8, 4) is 0 Å². The van der Waals surface area contributed by atoms with E-state index in [0.29, 0.717) is 29.8 Å². The number of fused-ring (bicyclic) bond motifs is 1. The van der Waals surface area contributed by atoms with Gasteiger partial charge in [0.25, 0.3) is 17.7 Å². The Morgan fingerprint density at radius 1 is 0.788 bits per heavy atom. The van der Waals surface area contributed by atoms with Crippen LogP contribution in [-0.4, -0.2) is 53.7 Å². The SMILES string of the molecule is Cc1ccccc1N1CCN(C(=O)c2ccc3c(c2)C(=O)N(Cc2ccccc2)C3=O)CC1. The molecule has 0 aromatic heterocycles. The van der Waals surface area contributed by atoms with E-state index in [9.17, 15) is 14.4 Å². The molecule has 0 N–H and O–H groups in total. The first kappa shape index (κ1) is 20.9. The van der Waals surface area contributed by atoms with Gasteiger partial charge in [-0.3, -0.25) is 19.3 Å². The van der Waals surface area contributed by atoms with Gasteiger partial charge in [-0.05, 0) is 42.3 Å². The number of benzene rings is 3. The molecule has 2 heterocycles. The van der Waals surface area contributed by atoms with Gasteiger partial charge < -0.3 is 9.80 Å². The third kappa shape index (κ3) is 3.89. The Bertz CT molecular complexity index is 1230. The van der Waals surface area contributed by atoms with Gasteiger partial charge in [0.1, 0.15) is 0 Å². The second-order valence-corrected chi connectivity index (χ2v) is 8.51. The summed E-state index contributed by atoms with van der Waals surface area (Å²) in [7, 11) is 0. The van der Waals surface area contributed by atoms with E-state index in [0.717, 1.165) is 18.7 Å². The fourth-order valence-electron chi connectivity index (χ4n) is 4.58. The van der Waals surface area contributed by atoms with E-state index in [1.54, 1.807) is 18.2 Å². The highest BCUT2D eigenvalue weighted by Crippen LogP contribution is 2.27. The van der Waals surface area contributed by atoms with Crippen molar-refractivity contribution in [2.24, 2.45) is 0 Å². The van der Waals surface area contributed by atoms with E-state index in [1.165, 1.54) is 16.2 Å². The van der Waals surface area contributed by atoms with E-state index in [1.807, 2.05) is 47.4 Å². The number of nitrogens with zero attached hydrogens (tertiary/aromatic N) is 3. The summed E-state index contributed by atoms with van der Waals surface area (Å²) < 4.78 is 0. The number of piperazine rings is 1. The van der Waals surface area contributed by atoms with Crippen LogP contribution in [0.15, 0.2) is 72.8 Å². The molecule has 0 aliphatic carbocycles. The van der Waals surface area contributed by atoms with Crippen LogP contribution in [0, 0.1) is 6.92 Å². The minimum absolute atomic E-state index is 0.107. The molecule has 5 rings (SSSR count).